The second-order valence-electron chi connectivity index (χ2n) is 4.05. The molecule has 0 radical (unpaired) electrons. The van der Waals surface area contributed by atoms with Gasteiger partial charge in [-0.15, -0.1) is 0 Å². The van der Waals surface area contributed by atoms with Crippen molar-refractivity contribution in [3.05, 3.63) is 35.6 Å². The van der Waals surface area contributed by atoms with E-state index >= 15 is 0 Å². The summed E-state index contributed by atoms with van der Waals surface area (Å²) >= 11 is 0. The predicted molar refractivity (Wildman–Crippen MR) is 62.2 cm³/mol. The Labute approximate surface area is 99.9 Å². The maximum Gasteiger partial charge on any atom is 0.306 e. The molecule has 1 rings (SSSR count). The Morgan fingerprint density at radius 3 is 2.59 bits per heavy atom. The minimum Gasteiger partial charge on any atom is -0.481 e. The van der Waals surface area contributed by atoms with E-state index in [1.54, 1.807) is 18.2 Å². The van der Waals surface area contributed by atoms with Gasteiger partial charge in [0.25, 0.3) is 0 Å². The standard InChI is InChI=1S/C13H17FO3/c14-12-7-2-1-5-10(12)9-11(13(16)17)6-3-4-8-15/h1-2,5,7,11,15H,3-4,6,8-9H2,(H,16,17). The summed E-state index contributed by atoms with van der Waals surface area (Å²) in [4.78, 5) is 11.0. The van der Waals surface area contributed by atoms with Gasteiger partial charge < -0.3 is 10.2 Å². The lowest BCUT2D eigenvalue weighted by Gasteiger charge is -2.12. The van der Waals surface area contributed by atoms with Crippen LogP contribution in [0.2, 0.25) is 0 Å². The molecule has 1 atom stereocenters. The van der Waals surface area contributed by atoms with E-state index < -0.39 is 11.9 Å². The number of aliphatic hydroxyl groups is 1. The summed E-state index contributed by atoms with van der Waals surface area (Å²) in [6.45, 7) is 0.0615. The molecule has 17 heavy (non-hydrogen) atoms. The van der Waals surface area contributed by atoms with Gasteiger partial charge in [0.2, 0.25) is 0 Å². The van der Waals surface area contributed by atoms with Crippen molar-refractivity contribution in [1.29, 1.82) is 0 Å². The first-order chi connectivity index (χ1) is 8.15. The van der Waals surface area contributed by atoms with Crippen molar-refractivity contribution in [2.45, 2.75) is 25.7 Å². The lowest BCUT2D eigenvalue weighted by atomic mass is 9.94. The molecule has 0 bridgehead atoms. The topological polar surface area (TPSA) is 57.5 Å². The summed E-state index contributed by atoms with van der Waals surface area (Å²) in [5, 5.41) is 17.7. The van der Waals surface area contributed by atoms with E-state index in [4.69, 9.17) is 10.2 Å². The number of carboxylic acid groups (broad SMARTS) is 1. The Balaban J connectivity index is 2.61. The highest BCUT2D eigenvalue weighted by Gasteiger charge is 2.18. The summed E-state index contributed by atoms with van der Waals surface area (Å²) in [5.41, 5.74) is 0.434. The van der Waals surface area contributed by atoms with Crippen LogP contribution in [0, 0.1) is 11.7 Å². The second kappa shape index (κ2) is 7.01. The third kappa shape index (κ3) is 4.53. The minimum atomic E-state index is -0.911. The molecule has 0 aliphatic heterocycles. The molecule has 0 saturated carbocycles. The van der Waals surface area contributed by atoms with E-state index in [9.17, 15) is 9.18 Å². The number of carbonyl (C=O) groups is 1. The minimum absolute atomic E-state index is 0.0615. The van der Waals surface area contributed by atoms with Crippen LogP contribution in [0.1, 0.15) is 24.8 Å². The average molecular weight is 240 g/mol. The first-order valence-corrected chi connectivity index (χ1v) is 5.72. The maximum absolute atomic E-state index is 13.4. The monoisotopic (exact) mass is 240 g/mol. The molecule has 0 aliphatic rings. The Morgan fingerprint density at radius 2 is 2.00 bits per heavy atom. The number of unbranched alkanes of at least 4 members (excludes halogenated alkanes) is 1. The van der Waals surface area contributed by atoms with Crippen LogP contribution in [-0.2, 0) is 11.2 Å². The number of hydrogen-bond donors (Lipinski definition) is 2. The Bertz CT molecular complexity index is 365. The SMILES string of the molecule is O=C(O)C(CCCCO)Cc1ccccc1F. The summed E-state index contributed by atoms with van der Waals surface area (Å²) < 4.78 is 13.4. The zero-order valence-corrected chi connectivity index (χ0v) is 9.60. The molecule has 1 unspecified atom stereocenters. The number of rotatable bonds is 7. The van der Waals surface area contributed by atoms with Crippen LogP contribution >= 0.6 is 0 Å². The number of aliphatic hydroxyl groups excluding tert-OH is 1. The number of aliphatic carboxylic acids is 1. The molecular weight excluding hydrogens is 223 g/mol. The van der Waals surface area contributed by atoms with E-state index in [-0.39, 0.29) is 18.8 Å². The molecule has 0 fully saturated rings. The molecule has 0 spiro atoms. The predicted octanol–water partition coefficient (Wildman–Crippen LogP) is 2.23. The third-order valence-corrected chi connectivity index (χ3v) is 2.73. The molecule has 4 heteroatoms. The lowest BCUT2D eigenvalue weighted by molar-refractivity contribution is -0.142. The smallest absolute Gasteiger partial charge is 0.306 e. The van der Waals surface area contributed by atoms with Crippen LogP contribution in [0.25, 0.3) is 0 Å². The van der Waals surface area contributed by atoms with E-state index in [2.05, 4.69) is 0 Å². The van der Waals surface area contributed by atoms with Gasteiger partial charge in [-0.05, 0) is 30.9 Å². The van der Waals surface area contributed by atoms with Crippen molar-refractivity contribution >= 4 is 5.97 Å². The van der Waals surface area contributed by atoms with E-state index in [0.29, 0.717) is 24.8 Å². The van der Waals surface area contributed by atoms with Crippen molar-refractivity contribution in [3.63, 3.8) is 0 Å². The second-order valence-corrected chi connectivity index (χ2v) is 4.05. The fourth-order valence-electron chi connectivity index (χ4n) is 1.74. The molecular formula is C13H17FO3. The highest BCUT2D eigenvalue weighted by atomic mass is 19.1. The van der Waals surface area contributed by atoms with Crippen molar-refractivity contribution < 1.29 is 19.4 Å². The first kappa shape index (κ1) is 13.6. The molecule has 1 aromatic rings. The van der Waals surface area contributed by atoms with Crippen LogP contribution in [0.4, 0.5) is 4.39 Å². The van der Waals surface area contributed by atoms with Gasteiger partial charge in [-0.1, -0.05) is 24.6 Å². The van der Waals surface area contributed by atoms with Crippen molar-refractivity contribution in [2.75, 3.05) is 6.61 Å². The zero-order valence-electron chi connectivity index (χ0n) is 9.60. The molecule has 0 aromatic heterocycles. The van der Waals surface area contributed by atoms with Gasteiger partial charge in [-0.25, -0.2) is 4.39 Å². The quantitative estimate of drug-likeness (QED) is 0.718. The molecule has 3 nitrogen and oxygen atoms in total. The number of benzene rings is 1. The molecule has 1 aromatic carbocycles. The van der Waals surface area contributed by atoms with Crippen LogP contribution in [0.3, 0.4) is 0 Å². The Hall–Kier alpha value is -1.42. The fourth-order valence-corrected chi connectivity index (χ4v) is 1.74. The number of hydrogen-bond acceptors (Lipinski definition) is 2. The summed E-state index contributed by atoms with van der Waals surface area (Å²) in [6.07, 6.45) is 1.89. The summed E-state index contributed by atoms with van der Waals surface area (Å²) in [5.74, 6) is -1.86. The summed E-state index contributed by atoms with van der Waals surface area (Å²) in [7, 11) is 0. The highest BCUT2D eigenvalue weighted by Crippen LogP contribution is 2.17. The van der Waals surface area contributed by atoms with Crippen LogP contribution in [-0.4, -0.2) is 22.8 Å². The van der Waals surface area contributed by atoms with Crippen LogP contribution in [0.5, 0.6) is 0 Å². The molecule has 2 N–H and O–H groups in total. The van der Waals surface area contributed by atoms with Gasteiger partial charge >= 0.3 is 5.97 Å². The molecule has 0 saturated heterocycles. The lowest BCUT2D eigenvalue weighted by Crippen LogP contribution is -2.17. The van der Waals surface area contributed by atoms with Gasteiger partial charge in [-0.3, -0.25) is 4.79 Å². The van der Waals surface area contributed by atoms with E-state index in [1.807, 2.05) is 0 Å². The van der Waals surface area contributed by atoms with Crippen molar-refractivity contribution in [1.82, 2.24) is 0 Å². The zero-order chi connectivity index (χ0) is 12.7. The normalized spacial score (nSPS) is 12.4. The largest absolute Gasteiger partial charge is 0.481 e. The van der Waals surface area contributed by atoms with Crippen LogP contribution in [0.15, 0.2) is 24.3 Å². The maximum atomic E-state index is 13.4. The van der Waals surface area contributed by atoms with E-state index in [1.165, 1.54) is 6.07 Å². The number of halogens is 1. The van der Waals surface area contributed by atoms with Gasteiger partial charge in [0.15, 0.2) is 0 Å². The van der Waals surface area contributed by atoms with Crippen molar-refractivity contribution in [3.8, 4) is 0 Å². The molecule has 0 amide bonds. The molecule has 94 valence electrons. The van der Waals surface area contributed by atoms with Gasteiger partial charge in [0.1, 0.15) is 5.82 Å². The third-order valence-electron chi connectivity index (χ3n) is 2.73. The van der Waals surface area contributed by atoms with Crippen LogP contribution < -0.4 is 0 Å². The fraction of sp³-hybridized carbons (Fsp3) is 0.462. The summed E-state index contributed by atoms with van der Waals surface area (Å²) in [6, 6.07) is 6.23. The van der Waals surface area contributed by atoms with Gasteiger partial charge in [0.05, 0.1) is 5.92 Å². The van der Waals surface area contributed by atoms with Crippen molar-refractivity contribution in [2.24, 2.45) is 5.92 Å². The van der Waals surface area contributed by atoms with E-state index in [0.717, 1.165) is 0 Å². The number of carboxylic acids is 1. The molecule has 0 heterocycles. The molecule has 0 aliphatic carbocycles. The Morgan fingerprint density at radius 1 is 1.29 bits per heavy atom. The van der Waals surface area contributed by atoms with Gasteiger partial charge in [0, 0.05) is 6.61 Å². The first-order valence-electron chi connectivity index (χ1n) is 5.72. The highest BCUT2D eigenvalue weighted by molar-refractivity contribution is 5.70. The Kier molecular flexibility index (Phi) is 5.63. The average Bonchev–Trinajstić information content (AvgIpc) is 2.30. The van der Waals surface area contributed by atoms with Gasteiger partial charge in [-0.2, -0.15) is 0 Å².